The second kappa shape index (κ2) is 8.87. The van der Waals surface area contributed by atoms with Crippen LogP contribution in [0, 0.1) is 0 Å². The number of benzene rings is 3. The van der Waals surface area contributed by atoms with E-state index in [1.807, 2.05) is 0 Å². The van der Waals surface area contributed by atoms with Gasteiger partial charge in [0.25, 0.3) is 0 Å². The van der Waals surface area contributed by atoms with Crippen LogP contribution in [0.1, 0.15) is 0 Å². The number of hydrogen-bond acceptors (Lipinski definition) is 7. The second-order valence-electron chi connectivity index (χ2n) is 6.44. The Bertz CT molecular complexity index is 1490. The third-order valence-electron chi connectivity index (χ3n) is 4.35. The highest BCUT2D eigenvalue weighted by Crippen LogP contribution is 2.32. The predicted molar refractivity (Wildman–Crippen MR) is 122 cm³/mol. The molecule has 0 aliphatic heterocycles. The molecule has 0 aliphatic rings. The highest BCUT2D eigenvalue weighted by Gasteiger charge is 2.21. The largest absolute Gasteiger partial charge is 0.755 e. The van der Waals surface area contributed by atoms with E-state index in [9.17, 15) is 22.0 Å². The average Bonchev–Trinajstić information content (AvgIpc) is 2.75. The summed E-state index contributed by atoms with van der Waals surface area (Å²) in [5.74, 6) is -0.202. The molecule has 0 aliphatic carbocycles. The van der Waals surface area contributed by atoms with Crippen molar-refractivity contribution < 1.29 is 25.8 Å². The van der Waals surface area contributed by atoms with E-state index in [0.29, 0.717) is 4.47 Å². The molecule has 0 saturated heterocycles. The highest BCUT2D eigenvalue weighted by atomic mass is 79.9. The zero-order valence-corrected chi connectivity index (χ0v) is 19.2. The summed E-state index contributed by atoms with van der Waals surface area (Å²) in [6, 6.07) is 19.5. The number of hydrogen-bond donors (Lipinski definition) is 0. The van der Waals surface area contributed by atoms with Crippen molar-refractivity contribution in [2.45, 2.75) is 4.90 Å². The van der Waals surface area contributed by atoms with Crippen molar-refractivity contribution in [3.05, 3.63) is 93.8 Å². The Morgan fingerprint density at radius 1 is 0.969 bits per heavy atom. The molecule has 11 heteroatoms. The predicted octanol–water partition coefficient (Wildman–Crippen LogP) is 4.26. The number of fused-ring (bicyclic) bond motifs is 1. The van der Waals surface area contributed by atoms with Crippen LogP contribution in [0.2, 0.25) is 0 Å². The summed E-state index contributed by atoms with van der Waals surface area (Å²) in [6.45, 7) is 0. The van der Waals surface area contributed by atoms with E-state index in [4.69, 9.17) is 8.60 Å². The van der Waals surface area contributed by atoms with Gasteiger partial charge in [0.15, 0.2) is 11.3 Å². The van der Waals surface area contributed by atoms with Gasteiger partial charge in [-0.3, -0.25) is 8.51 Å². The molecule has 0 radical (unpaired) electrons. The van der Waals surface area contributed by atoms with Gasteiger partial charge in [-0.05, 0) is 42.5 Å². The number of para-hydroxylation sites is 1. The molecular weight excluding hydrogens is 522 g/mol. The van der Waals surface area contributed by atoms with Gasteiger partial charge in [0.05, 0.1) is 17.0 Å². The summed E-state index contributed by atoms with van der Waals surface area (Å²) in [4.78, 5) is 12.7. The van der Waals surface area contributed by atoms with E-state index in [2.05, 4.69) is 15.9 Å². The van der Waals surface area contributed by atoms with E-state index >= 15 is 0 Å². The molecule has 32 heavy (non-hydrogen) atoms. The van der Waals surface area contributed by atoms with E-state index in [-0.39, 0.29) is 33.0 Å². The van der Waals surface area contributed by atoms with Crippen molar-refractivity contribution >= 4 is 59.7 Å². The SMILES string of the molecule is O=c1oc2c(OS(=O)(=O)c3ccccc3)cccc2cc1N(c1cccc(Br)c1)S(=O)[O-]. The molecule has 1 aromatic heterocycles. The maximum absolute atomic E-state index is 12.7. The number of nitrogens with zero attached hydrogens (tertiary/aromatic N) is 1. The third kappa shape index (κ3) is 4.46. The molecule has 0 fully saturated rings. The zero-order chi connectivity index (χ0) is 22.9. The summed E-state index contributed by atoms with van der Waals surface area (Å²) in [5.41, 5.74) is -1.19. The van der Waals surface area contributed by atoms with Gasteiger partial charge in [0.1, 0.15) is 10.6 Å². The lowest BCUT2D eigenvalue weighted by Gasteiger charge is -2.25. The molecule has 0 spiro atoms. The highest BCUT2D eigenvalue weighted by molar-refractivity contribution is 9.10. The molecule has 0 amide bonds. The molecular formula is C21H13BrNO7S2-. The van der Waals surface area contributed by atoms with Gasteiger partial charge in [0, 0.05) is 9.86 Å². The first-order chi connectivity index (χ1) is 15.3. The molecule has 3 aromatic carbocycles. The fourth-order valence-corrected chi connectivity index (χ4v) is 4.89. The summed E-state index contributed by atoms with van der Waals surface area (Å²) >= 11 is 0.427. The van der Waals surface area contributed by atoms with E-state index in [0.717, 1.165) is 4.31 Å². The molecule has 1 unspecified atom stereocenters. The second-order valence-corrected chi connectivity index (χ2v) is 9.70. The lowest BCUT2D eigenvalue weighted by molar-refractivity contribution is 0.475. The Labute approximate surface area is 193 Å². The minimum absolute atomic E-state index is 0.0708. The summed E-state index contributed by atoms with van der Waals surface area (Å²) in [7, 11) is -4.18. The first kappa shape index (κ1) is 22.2. The van der Waals surface area contributed by atoms with Crippen LogP contribution in [-0.2, 0) is 21.4 Å². The molecule has 1 heterocycles. The molecule has 0 saturated carbocycles. The molecule has 164 valence electrons. The Hall–Kier alpha value is -2.99. The van der Waals surface area contributed by atoms with Gasteiger partial charge in [-0.25, -0.2) is 4.79 Å². The van der Waals surface area contributed by atoms with Crippen molar-refractivity contribution in [1.29, 1.82) is 0 Å². The van der Waals surface area contributed by atoms with Crippen molar-refractivity contribution in [1.82, 2.24) is 0 Å². The Morgan fingerprint density at radius 2 is 1.69 bits per heavy atom. The third-order valence-corrected chi connectivity index (χ3v) is 6.79. The monoisotopic (exact) mass is 534 g/mol. The number of anilines is 2. The van der Waals surface area contributed by atoms with E-state index < -0.39 is 27.0 Å². The smallest absolute Gasteiger partial charge is 0.361 e. The first-order valence-corrected chi connectivity index (χ1v) is 12.2. The van der Waals surface area contributed by atoms with Crippen molar-refractivity contribution in [2.24, 2.45) is 0 Å². The van der Waals surface area contributed by atoms with Crippen LogP contribution in [-0.4, -0.2) is 17.2 Å². The van der Waals surface area contributed by atoms with Crippen molar-refractivity contribution in [3.8, 4) is 5.75 Å². The Balaban J connectivity index is 1.82. The van der Waals surface area contributed by atoms with Crippen LogP contribution in [0.4, 0.5) is 11.4 Å². The van der Waals surface area contributed by atoms with Gasteiger partial charge in [-0.15, -0.1) is 0 Å². The minimum atomic E-state index is -4.18. The lowest BCUT2D eigenvalue weighted by atomic mass is 10.2. The maximum Gasteiger partial charge on any atom is 0.361 e. The zero-order valence-electron chi connectivity index (χ0n) is 16.0. The van der Waals surface area contributed by atoms with Crippen molar-refractivity contribution in [2.75, 3.05) is 4.31 Å². The Morgan fingerprint density at radius 3 is 2.38 bits per heavy atom. The lowest BCUT2D eigenvalue weighted by Crippen LogP contribution is -2.25. The maximum atomic E-state index is 12.7. The molecule has 8 nitrogen and oxygen atoms in total. The summed E-state index contributed by atoms with van der Waals surface area (Å²) in [6.07, 6.45) is 0. The van der Waals surface area contributed by atoms with Crippen LogP contribution in [0.3, 0.4) is 0 Å². The summed E-state index contributed by atoms with van der Waals surface area (Å²) in [5, 5.41) is 0.269. The Kier molecular flexibility index (Phi) is 6.15. The first-order valence-electron chi connectivity index (χ1n) is 8.98. The topological polar surface area (TPSA) is 117 Å². The molecule has 1 atom stereocenters. The molecule has 4 aromatic rings. The van der Waals surface area contributed by atoms with Crippen LogP contribution in [0.25, 0.3) is 11.0 Å². The fourth-order valence-electron chi connectivity index (χ4n) is 2.98. The van der Waals surface area contributed by atoms with Gasteiger partial charge in [0.2, 0.25) is 0 Å². The van der Waals surface area contributed by atoms with Gasteiger partial charge >= 0.3 is 15.7 Å². The van der Waals surface area contributed by atoms with Crippen molar-refractivity contribution in [3.63, 3.8) is 0 Å². The van der Waals surface area contributed by atoms with Gasteiger partial charge in [-0.1, -0.05) is 52.3 Å². The quantitative estimate of drug-likeness (QED) is 0.206. The number of halogens is 1. The fraction of sp³-hybridized carbons (Fsp3) is 0. The van der Waals surface area contributed by atoms with Gasteiger partial charge < -0.3 is 13.2 Å². The van der Waals surface area contributed by atoms with Gasteiger partial charge in [-0.2, -0.15) is 8.42 Å². The van der Waals surface area contributed by atoms with Crippen LogP contribution >= 0.6 is 15.9 Å². The van der Waals surface area contributed by atoms with Crippen LogP contribution in [0.15, 0.2) is 97.4 Å². The molecule has 4 rings (SSSR count). The van der Waals surface area contributed by atoms with E-state index in [1.165, 1.54) is 48.5 Å². The standard InChI is InChI=1S/C21H14BrNO7S2/c22-15-7-5-8-16(13-15)23(31(25)26)18-12-14-6-4-11-19(20(14)29-21(18)24)30-32(27,28)17-9-2-1-3-10-17/h1-13H,(H,25,26)/p-1. The van der Waals surface area contributed by atoms with Crippen LogP contribution in [0.5, 0.6) is 5.75 Å². The average molecular weight is 535 g/mol. The summed E-state index contributed by atoms with van der Waals surface area (Å²) < 4.78 is 60.9. The molecule has 0 bridgehead atoms. The molecule has 0 N–H and O–H groups in total. The van der Waals surface area contributed by atoms with E-state index in [1.54, 1.807) is 30.3 Å². The van der Waals surface area contributed by atoms with Crippen LogP contribution < -0.4 is 14.1 Å². The minimum Gasteiger partial charge on any atom is -0.755 e. The normalized spacial score (nSPS) is 12.4. The number of rotatable bonds is 6.